The molecule has 1 fully saturated rings. The molecule has 1 heterocycles. The molecule has 0 aromatic heterocycles. The molecule has 0 spiro atoms. The number of hydrogen-bond acceptors (Lipinski definition) is 5. The number of aliphatic hydroxyl groups excluding tert-OH is 1. The summed E-state index contributed by atoms with van der Waals surface area (Å²) in [5.74, 6) is 0. The van der Waals surface area contributed by atoms with Crippen LogP contribution < -0.4 is 10.8 Å². The van der Waals surface area contributed by atoms with Gasteiger partial charge in [0.25, 0.3) is 0 Å². The van der Waals surface area contributed by atoms with Crippen molar-refractivity contribution in [3.05, 3.63) is 29.8 Å². The second kappa shape index (κ2) is 7.45. The third-order valence-electron chi connectivity index (χ3n) is 5.02. The highest BCUT2D eigenvalue weighted by molar-refractivity contribution is 6.62. The molecule has 0 aliphatic carbocycles. The van der Waals surface area contributed by atoms with Crippen molar-refractivity contribution in [2.45, 2.75) is 84.3 Å². The van der Waals surface area contributed by atoms with Crippen molar-refractivity contribution in [3.8, 4) is 0 Å². The average molecular weight is 377 g/mol. The van der Waals surface area contributed by atoms with Crippen LogP contribution in [0.3, 0.4) is 0 Å². The number of alkyl carbamates (subject to hydrolysis) is 1. The predicted octanol–water partition coefficient (Wildman–Crippen LogP) is 2.93. The molecule has 27 heavy (non-hydrogen) atoms. The minimum atomic E-state index is -0.857. The van der Waals surface area contributed by atoms with Crippen LogP contribution in [0.2, 0.25) is 0 Å². The van der Waals surface area contributed by atoms with Gasteiger partial charge in [-0.2, -0.15) is 0 Å². The summed E-state index contributed by atoms with van der Waals surface area (Å²) < 4.78 is 17.3. The van der Waals surface area contributed by atoms with E-state index in [-0.39, 0.29) is 0 Å². The average Bonchev–Trinajstić information content (AvgIpc) is 2.73. The van der Waals surface area contributed by atoms with Crippen LogP contribution in [0.5, 0.6) is 0 Å². The highest BCUT2D eigenvalue weighted by atomic mass is 16.7. The van der Waals surface area contributed by atoms with Crippen molar-refractivity contribution < 1.29 is 23.9 Å². The van der Waals surface area contributed by atoms with Crippen molar-refractivity contribution in [1.29, 1.82) is 0 Å². The lowest BCUT2D eigenvalue weighted by atomic mass is 9.78. The number of nitrogens with one attached hydrogen (secondary N) is 1. The number of ether oxygens (including phenoxy) is 1. The van der Waals surface area contributed by atoms with Crippen LogP contribution >= 0.6 is 0 Å². The SMILES string of the molecule is CC(NC(=O)OC(C)(C)C)C(O)c1ccc(B2OC(C)(C)C(C)(C)O2)cc1. The first-order valence-corrected chi connectivity index (χ1v) is 9.35. The monoisotopic (exact) mass is 377 g/mol. The lowest BCUT2D eigenvalue weighted by Gasteiger charge is -2.32. The minimum Gasteiger partial charge on any atom is -0.444 e. The van der Waals surface area contributed by atoms with Gasteiger partial charge in [0.1, 0.15) is 5.60 Å². The molecule has 1 amide bonds. The van der Waals surface area contributed by atoms with E-state index >= 15 is 0 Å². The van der Waals surface area contributed by atoms with Gasteiger partial charge in [-0.3, -0.25) is 0 Å². The summed E-state index contributed by atoms with van der Waals surface area (Å²) in [7, 11) is -0.446. The molecule has 2 rings (SSSR count). The number of aliphatic hydroxyl groups is 1. The Morgan fingerprint density at radius 3 is 2.04 bits per heavy atom. The van der Waals surface area contributed by atoms with E-state index < -0.39 is 42.2 Å². The highest BCUT2D eigenvalue weighted by Crippen LogP contribution is 2.36. The second-order valence-electron chi connectivity index (χ2n) is 9.13. The van der Waals surface area contributed by atoms with Gasteiger partial charge in [0.05, 0.1) is 23.3 Å². The molecular weight excluding hydrogens is 345 g/mol. The zero-order valence-corrected chi connectivity index (χ0v) is 17.6. The van der Waals surface area contributed by atoms with Crippen LogP contribution in [0.15, 0.2) is 24.3 Å². The molecule has 1 aliphatic rings. The largest absolute Gasteiger partial charge is 0.494 e. The van der Waals surface area contributed by atoms with Gasteiger partial charge in [0.2, 0.25) is 0 Å². The summed E-state index contributed by atoms with van der Waals surface area (Å²) in [6, 6.07) is 6.89. The highest BCUT2D eigenvalue weighted by Gasteiger charge is 2.51. The normalized spacial score (nSPS) is 20.9. The molecule has 0 bridgehead atoms. The Bertz CT molecular complexity index is 650. The summed E-state index contributed by atoms with van der Waals surface area (Å²) in [5.41, 5.74) is 0.194. The van der Waals surface area contributed by atoms with Crippen molar-refractivity contribution in [2.24, 2.45) is 0 Å². The van der Waals surface area contributed by atoms with Crippen LogP contribution in [0, 0.1) is 0 Å². The molecule has 2 unspecified atom stereocenters. The fourth-order valence-electron chi connectivity index (χ4n) is 2.69. The molecule has 1 aliphatic heterocycles. The Balaban J connectivity index is 2.01. The van der Waals surface area contributed by atoms with Gasteiger partial charge in [0, 0.05) is 0 Å². The quantitative estimate of drug-likeness (QED) is 0.789. The number of carbonyl (C=O) groups is 1. The van der Waals surface area contributed by atoms with E-state index in [1.807, 2.05) is 52.0 Å². The lowest BCUT2D eigenvalue weighted by molar-refractivity contribution is 0.00578. The van der Waals surface area contributed by atoms with Crippen molar-refractivity contribution in [3.63, 3.8) is 0 Å². The van der Waals surface area contributed by atoms with Crippen LogP contribution in [-0.4, -0.2) is 41.2 Å². The molecule has 6 nitrogen and oxygen atoms in total. The van der Waals surface area contributed by atoms with Crippen molar-refractivity contribution >= 4 is 18.7 Å². The first-order valence-electron chi connectivity index (χ1n) is 9.35. The molecule has 0 saturated carbocycles. The summed E-state index contributed by atoms with van der Waals surface area (Å²) in [5, 5.41) is 13.2. The molecule has 2 atom stereocenters. The Morgan fingerprint density at radius 1 is 1.11 bits per heavy atom. The van der Waals surface area contributed by atoms with Gasteiger partial charge in [-0.25, -0.2) is 4.79 Å². The lowest BCUT2D eigenvalue weighted by Crippen LogP contribution is -2.41. The Kier molecular flexibility index (Phi) is 6.00. The maximum Gasteiger partial charge on any atom is 0.494 e. The van der Waals surface area contributed by atoms with Gasteiger partial charge >= 0.3 is 13.2 Å². The third-order valence-corrected chi connectivity index (χ3v) is 5.02. The van der Waals surface area contributed by atoms with Gasteiger partial charge in [-0.15, -0.1) is 0 Å². The first-order chi connectivity index (χ1) is 12.2. The van der Waals surface area contributed by atoms with Crippen LogP contribution in [0.1, 0.15) is 67.1 Å². The third kappa shape index (κ3) is 5.24. The molecule has 1 saturated heterocycles. The van der Waals surface area contributed by atoms with Gasteiger partial charge in [-0.1, -0.05) is 24.3 Å². The van der Waals surface area contributed by atoms with Crippen LogP contribution in [0.4, 0.5) is 4.79 Å². The number of benzene rings is 1. The van der Waals surface area contributed by atoms with E-state index in [0.29, 0.717) is 5.56 Å². The van der Waals surface area contributed by atoms with Crippen molar-refractivity contribution in [1.82, 2.24) is 5.32 Å². The molecule has 7 heteroatoms. The molecule has 1 aromatic rings. The molecule has 1 aromatic carbocycles. The topological polar surface area (TPSA) is 77.0 Å². The zero-order chi connectivity index (χ0) is 20.6. The molecule has 2 N–H and O–H groups in total. The fraction of sp³-hybridized carbons (Fsp3) is 0.650. The first kappa shape index (κ1) is 21.7. The Morgan fingerprint density at radius 2 is 1.59 bits per heavy atom. The van der Waals surface area contributed by atoms with Crippen LogP contribution in [0.25, 0.3) is 0 Å². The Labute approximate surface area is 162 Å². The van der Waals surface area contributed by atoms with Gasteiger partial charge in [-0.05, 0) is 66.4 Å². The molecule has 0 radical (unpaired) electrons. The summed E-state index contributed by atoms with van der Waals surface area (Å²) in [6.07, 6.45) is -1.41. The smallest absolute Gasteiger partial charge is 0.444 e. The molecular formula is C20H32BNO5. The number of rotatable bonds is 4. The number of amides is 1. The van der Waals surface area contributed by atoms with E-state index in [2.05, 4.69) is 5.32 Å². The summed E-state index contributed by atoms with van der Waals surface area (Å²) in [6.45, 7) is 15.2. The van der Waals surface area contributed by atoms with Gasteiger partial charge in [0.15, 0.2) is 0 Å². The standard InChI is InChI=1S/C20H32BNO5/c1-13(22-17(24)25-18(2,3)4)16(23)14-9-11-15(12-10-14)21-26-19(5,6)20(7,8)27-21/h9-13,16,23H,1-8H3,(H,22,24). The van der Waals surface area contributed by atoms with E-state index in [9.17, 15) is 9.90 Å². The van der Waals surface area contributed by atoms with E-state index in [4.69, 9.17) is 14.0 Å². The summed E-state index contributed by atoms with van der Waals surface area (Å²) >= 11 is 0. The number of carbonyl (C=O) groups excluding carboxylic acids is 1. The zero-order valence-electron chi connectivity index (χ0n) is 17.6. The number of hydrogen-bond donors (Lipinski definition) is 2. The van der Waals surface area contributed by atoms with Gasteiger partial charge < -0.3 is 24.5 Å². The minimum absolute atomic E-state index is 0.401. The predicted molar refractivity (Wildman–Crippen MR) is 106 cm³/mol. The van der Waals surface area contributed by atoms with E-state index in [1.54, 1.807) is 27.7 Å². The van der Waals surface area contributed by atoms with Crippen molar-refractivity contribution in [2.75, 3.05) is 0 Å². The summed E-state index contributed by atoms with van der Waals surface area (Å²) in [4.78, 5) is 11.9. The van der Waals surface area contributed by atoms with Crippen LogP contribution in [-0.2, 0) is 14.0 Å². The second-order valence-corrected chi connectivity index (χ2v) is 9.13. The Hall–Kier alpha value is -1.57. The maximum atomic E-state index is 11.9. The molecule has 150 valence electrons. The van der Waals surface area contributed by atoms with E-state index in [1.165, 1.54) is 0 Å². The van der Waals surface area contributed by atoms with E-state index in [0.717, 1.165) is 5.46 Å². The maximum absolute atomic E-state index is 11.9. The fourth-order valence-corrected chi connectivity index (χ4v) is 2.69.